The number of nitrogens with zero attached hydrogens (tertiary/aromatic N) is 3. The highest BCUT2D eigenvalue weighted by Gasteiger charge is 2.17. The summed E-state index contributed by atoms with van der Waals surface area (Å²) in [5, 5.41) is 10.1. The lowest BCUT2D eigenvalue weighted by Crippen LogP contribution is -2.31. The van der Waals surface area contributed by atoms with E-state index in [1.807, 2.05) is 38.2 Å². The molecule has 0 spiro atoms. The number of aromatic nitrogens is 2. The maximum Gasteiger partial charge on any atom is 0.148 e. The molecule has 1 N–H and O–H groups in total. The fourth-order valence-electron chi connectivity index (χ4n) is 4.15. The Bertz CT molecular complexity index is 1210. The third kappa shape index (κ3) is 3.21. The number of benzene rings is 3. The molecule has 0 amide bonds. The summed E-state index contributed by atoms with van der Waals surface area (Å²) >= 11 is 0. The molecule has 0 bridgehead atoms. The SMILES string of the molecule is Cc1cc(-c2ccc3ncc(N4CCc5ccccc5C4)nc3c2)cc(C)c1O. The molecule has 0 radical (unpaired) electrons. The Labute approximate surface area is 170 Å². The molecule has 4 heteroatoms. The minimum absolute atomic E-state index is 0.363. The third-order valence-electron chi connectivity index (χ3n) is 5.81. The molecule has 0 atom stereocenters. The van der Waals surface area contributed by atoms with Gasteiger partial charge in [0.1, 0.15) is 11.6 Å². The van der Waals surface area contributed by atoms with Crippen molar-refractivity contribution >= 4 is 16.9 Å². The lowest BCUT2D eigenvalue weighted by atomic mass is 9.99. The Kier molecular flexibility index (Phi) is 4.20. The second-order valence-corrected chi connectivity index (χ2v) is 7.83. The van der Waals surface area contributed by atoms with E-state index in [4.69, 9.17) is 4.98 Å². The van der Waals surface area contributed by atoms with Crippen LogP contribution in [0.15, 0.2) is 60.8 Å². The van der Waals surface area contributed by atoms with Crippen molar-refractivity contribution in [3.63, 3.8) is 0 Å². The Morgan fingerprint density at radius 2 is 1.62 bits per heavy atom. The summed E-state index contributed by atoms with van der Waals surface area (Å²) in [6.45, 7) is 5.68. The molecule has 0 aliphatic carbocycles. The molecule has 3 aromatic carbocycles. The number of aryl methyl sites for hydroxylation is 2. The van der Waals surface area contributed by atoms with Crippen LogP contribution in [-0.2, 0) is 13.0 Å². The molecule has 1 aromatic heterocycles. The topological polar surface area (TPSA) is 49.2 Å². The summed E-state index contributed by atoms with van der Waals surface area (Å²) in [7, 11) is 0. The van der Waals surface area contributed by atoms with Crippen LogP contribution in [0, 0.1) is 13.8 Å². The van der Waals surface area contributed by atoms with E-state index in [2.05, 4.69) is 46.3 Å². The van der Waals surface area contributed by atoms with E-state index in [1.54, 1.807) is 0 Å². The van der Waals surface area contributed by atoms with Gasteiger partial charge in [0.2, 0.25) is 0 Å². The van der Waals surface area contributed by atoms with Gasteiger partial charge in [-0.2, -0.15) is 0 Å². The maximum absolute atomic E-state index is 10.1. The first-order chi connectivity index (χ1) is 14.1. The number of phenols is 1. The largest absolute Gasteiger partial charge is 0.507 e. The minimum atomic E-state index is 0.363. The Balaban J connectivity index is 1.52. The molecule has 0 saturated heterocycles. The molecular formula is C25H23N3O. The highest BCUT2D eigenvalue weighted by molar-refractivity contribution is 5.82. The van der Waals surface area contributed by atoms with Gasteiger partial charge in [-0.3, -0.25) is 4.98 Å². The zero-order valence-corrected chi connectivity index (χ0v) is 16.7. The minimum Gasteiger partial charge on any atom is -0.507 e. The van der Waals surface area contributed by atoms with Gasteiger partial charge in [0.05, 0.1) is 17.2 Å². The predicted octanol–water partition coefficient (Wildman–Crippen LogP) is 5.18. The van der Waals surface area contributed by atoms with Gasteiger partial charge in [-0.15, -0.1) is 0 Å². The van der Waals surface area contributed by atoms with Crippen molar-refractivity contribution in [3.05, 3.63) is 83.0 Å². The van der Waals surface area contributed by atoms with Crippen molar-refractivity contribution in [2.75, 3.05) is 11.4 Å². The van der Waals surface area contributed by atoms with Crippen LogP contribution in [0.3, 0.4) is 0 Å². The van der Waals surface area contributed by atoms with Crippen LogP contribution in [0.5, 0.6) is 5.75 Å². The van der Waals surface area contributed by atoms with Gasteiger partial charge < -0.3 is 10.0 Å². The van der Waals surface area contributed by atoms with Crippen molar-refractivity contribution in [2.24, 2.45) is 0 Å². The second-order valence-electron chi connectivity index (χ2n) is 7.83. The average Bonchev–Trinajstić information content (AvgIpc) is 2.76. The van der Waals surface area contributed by atoms with Crippen LogP contribution < -0.4 is 4.90 Å². The van der Waals surface area contributed by atoms with E-state index in [1.165, 1.54) is 11.1 Å². The van der Waals surface area contributed by atoms with Gasteiger partial charge in [0, 0.05) is 13.1 Å². The molecule has 29 heavy (non-hydrogen) atoms. The summed E-state index contributed by atoms with van der Waals surface area (Å²) in [4.78, 5) is 11.9. The van der Waals surface area contributed by atoms with E-state index in [0.29, 0.717) is 5.75 Å². The van der Waals surface area contributed by atoms with Crippen LogP contribution >= 0.6 is 0 Å². The summed E-state index contributed by atoms with van der Waals surface area (Å²) in [5.41, 5.74) is 8.50. The van der Waals surface area contributed by atoms with Crippen molar-refractivity contribution < 1.29 is 5.11 Å². The Morgan fingerprint density at radius 1 is 0.862 bits per heavy atom. The number of anilines is 1. The van der Waals surface area contributed by atoms with Gasteiger partial charge in [-0.1, -0.05) is 30.3 Å². The molecule has 144 valence electrons. The molecule has 1 aliphatic heterocycles. The van der Waals surface area contributed by atoms with E-state index in [0.717, 1.165) is 58.6 Å². The van der Waals surface area contributed by atoms with Gasteiger partial charge in [0.25, 0.3) is 0 Å². The quantitative estimate of drug-likeness (QED) is 0.520. The normalized spacial score (nSPS) is 13.5. The highest BCUT2D eigenvalue weighted by Crippen LogP contribution is 2.31. The molecule has 0 saturated carbocycles. The van der Waals surface area contributed by atoms with Crippen LogP contribution in [-0.4, -0.2) is 21.6 Å². The van der Waals surface area contributed by atoms with Gasteiger partial charge in [0.15, 0.2) is 0 Å². The molecule has 4 aromatic rings. The van der Waals surface area contributed by atoms with Crippen molar-refractivity contribution in [2.45, 2.75) is 26.8 Å². The van der Waals surface area contributed by atoms with E-state index in [9.17, 15) is 5.11 Å². The van der Waals surface area contributed by atoms with Crippen molar-refractivity contribution in [1.82, 2.24) is 9.97 Å². The lowest BCUT2D eigenvalue weighted by molar-refractivity contribution is 0.467. The first kappa shape index (κ1) is 17.7. The second kappa shape index (κ2) is 6.89. The third-order valence-corrected chi connectivity index (χ3v) is 5.81. The Hall–Kier alpha value is -3.40. The van der Waals surface area contributed by atoms with Gasteiger partial charge in [-0.25, -0.2) is 4.98 Å². The first-order valence-electron chi connectivity index (χ1n) is 9.97. The number of fused-ring (bicyclic) bond motifs is 2. The van der Waals surface area contributed by atoms with Crippen LogP contribution in [0.1, 0.15) is 22.3 Å². The van der Waals surface area contributed by atoms with Crippen LogP contribution in [0.4, 0.5) is 5.82 Å². The molecule has 1 aliphatic rings. The number of rotatable bonds is 2. The maximum atomic E-state index is 10.1. The van der Waals surface area contributed by atoms with Gasteiger partial charge >= 0.3 is 0 Å². The smallest absolute Gasteiger partial charge is 0.148 e. The number of hydrogen-bond acceptors (Lipinski definition) is 4. The van der Waals surface area contributed by atoms with Gasteiger partial charge in [-0.05, 0) is 77.9 Å². The molecule has 4 nitrogen and oxygen atoms in total. The summed E-state index contributed by atoms with van der Waals surface area (Å²) in [5.74, 6) is 1.28. The van der Waals surface area contributed by atoms with E-state index in [-0.39, 0.29) is 0 Å². The Morgan fingerprint density at radius 3 is 2.41 bits per heavy atom. The molecule has 2 heterocycles. The fourth-order valence-corrected chi connectivity index (χ4v) is 4.15. The van der Waals surface area contributed by atoms with Crippen LogP contribution in [0.25, 0.3) is 22.2 Å². The zero-order chi connectivity index (χ0) is 20.0. The number of phenolic OH excluding ortho intramolecular Hbond substituents is 1. The molecule has 5 rings (SSSR count). The molecule has 0 unspecified atom stereocenters. The van der Waals surface area contributed by atoms with Crippen LogP contribution in [0.2, 0.25) is 0 Å². The van der Waals surface area contributed by atoms with Crippen molar-refractivity contribution in [1.29, 1.82) is 0 Å². The van der Waals surface area contributed by atoms with Crippen molar-refractivity contribution in [3.8, 4) is 16.9 Å². The average molecular weight is 381 g/mol. The first-order valence-corrected chi connectivity index (χ1v) is 9.97. The van der Waals surface area contributed by atoms with E-state index < -0.39 is 0 Å². The number of hydrogen-bond donors (Lipinski definition) is 1. The summed E-state index contributed by atoms with van der Waals surface area (Å²) < 4.78 is 0. The molecular weight excluding hydrogens is 358 g/mol. The van der Waals surface area contributed by atoms with E-state index >= 15 is 0 Å². The highest BCUT2D eigenvalue weighted by atomic mass is 16.3. The molecule has 0 fully saturated rings. The zero-order valence-electron chi connectivity index (χ0n) is 16.7. The summed E-state index contributed by atoms with van der Waals surface area (Å²) in [6, 6.07) is 18.8. The summed E-state index contributed by atoms with van der Waals surface area (Å²) in [6.07, 6.45) is 2.91. The lowest BCUT2D eigenvalue weighted by Gasteiger charge is -2.29. The predicted molar refractivity (Wildman–Crippen MR) is 117 cm³/mol. The standard InChI is InChI=1S/C25H23N3O/c1-16-11-21(12-17(2)25(16)29)19-7-8-22-23(13-19)27-24(14-26-22)28-10-9-18-5-3-4-6-20(18)15-28/h3-8,11-14,29H,9-10,15H2,1-2H3. The monoisotopic (exact) mass is 381 g/mol. The number of aromatic hydroxyl groups is 1. The fraction of sp³-hybridized carbons (Fsp3) is 0.200.